The molecular weight excluding hydrogens is 276 g/mol. The van der Waals surface area contributed by atoms with Gasteiger partial charge in [-0.05, 0) is 44.6 Å². The van der Waals surface area contributed by atoms with Crippen molar-refractivity contribution in [1.29, 1.82) is 0 Å². The number of sulfone groups is 1. The monoisotopic (exact) mass is 302 g/mol. The van der Waals surface area contributed by atoms with Crippen LogP contribution in [-0.2, 0) is 14.6 Å². The predicted octanol–water partition coefficient (Wildman–Crippen LogP) is 0.658. The van der Waals surface area contributed by atoms with Crippen molar-refractivity contribution in [2.24, 2.45) is 11.8 Å². The first kappa shape index (κ1) is 15.8. The van der Waals surface area contributed by atoms with Crippen molar-refractivity contribution in [3.63, 3.8) is 0 Å². The summed E-state index contributed by atoms with van der Waals surface area (Å²) in [7, 11) is -0.974. The van der Waals surface area contributed by atoms with Gasteiger partial charge in [-0.1, -0.05) is 6.92 Å². The van der Waals surface area contributed by atoms with Crippen LogP contribution in [0.3, 0.4) is 0 Å². The van der Waals surface area contributed by atoms with Crippen LogP contribution in [-0.4, -0.2) is 56.9 Å². The molecule has 20 heavy (non-hydrogen) atoms. The quantitative estimate of drug-likeness (QED) is 0.831. The number of hydrogen-bond acceptors (Lipinski definition) is 4. The zero-order valence-electron chi connectivity index (χ0n) is 12.5. The number of likely N-dealkylation sites (tertiary alicyclic amines) is 1. The molecule has 0 aromatic carbocycles. The third-order valence-corrected chi connectivity index (χ3v) is 6.41. The van der Waals surface area contributed by atoms with Crippen molar-refractivity contribution in [2.45, 2.75) is 38.6 Å². The molecule has 5 nitrogen and oxygen atoms in total. The number of nitrogens with one attached hydrogen (secondary N) is 1. The van der Waals surface area contributed by atoms with Crippen LogP contribution in [0.5, 0.6) is 0 Å². The van der Waals surface area contributed by atoms with Gasteiger partial charge in [0.15, 0.2) is 0 Å². The third kappa shape index (κ3) is 3.73. The van der Waals surface area contributed by atoms with Crippen LogP contribution in [0, 0.1) is 11.8 Å². The molecule has 116 valence electrons. The van der Waals surface area contributed by atoms with Crippen LogP contribution >= 0.6 is 0 Å². The summed E-state index contributed by atoms with van der Waals surface area (Å²) in [6.07, 6.45) is 3.50. The van der Waals surface area contributed by atoms with E-state index in [-0.39, 0.29) is 23.5 Å². The molecule has 2 rings (SSSR count). The van der Waals surface area contributed by atoms with E-state index >= 15 is 0 Å². The van der Waals surface area contributed by atoms with Gasteiger partial charge in [0.2, 0.25) is 5.91 Å². The molecular formula is C14H26N2O3S. The van der Waals surface area contributed by atoms with Crippen LogP contribution in [0.1, 0.15) is 32.6 Å². The maximum Gasteiger partial charge on any atom is 0.239 e. The number of hydrogen-bond donors (Lipinski definition) is 1. The normalized spacial score (nSPS) is 32.1. The summed E-state index contributed by atoms with van der Waals surface area (Å²) in [4.78, 5) is 14.5. The first-order valence-electron chi connectivity index (χ1n) is 7.59. The molecule has 1 amide bonds. The largest absolute Gasteiger partial charge is 0.341 e. The molecule has 2 aliphatic rings. The van der Waals surface area contributed by atoms with Gasteiger partial charge in [-0.3, -0.25) is 4.79 Å². The van der Waals surface area contributed by atoms with Gasteiger partial charge in [0.1, 0.15) is 9.84 Å². The topological polar surface area (TPSA) is 66.5 Å². The van der Waals surface area contributed by atoms with Gasteiger partial charge in [0.25, 0.3) is 0 Å². The first-order chi connectivity index (χ1) is 9.43. The number of likely N-dealkylation sites (N-methyl/N-ethyl adjacent to an activating group) is 1. The lowest BCUT2D eigenvalue weighted by Gasteiger charge is -2.31. The van der Waals surface area contributed by atoms with Crippen molar-refractivity contribution in [3.05, 3.63) is 0 Å². The van der Waals surface area contributed by atoms with E-state index in [1.54, 1.807) is 0 Å². The molecule has 0 saturated carbocycles. The van der Waals surface area contributed by atoms with Crippen molar-refractivity contribution in [2.75, 3.05) is 31.6 Å². The number of rotatable bonds is 3. The van der Waals surface area contributed by atoms with E-state index in [0.29, 0.717) is 24.7 Å². The van der Waals surface area contributed by atoms with Gasteiger partial charge in [-0.15, -0.1) is 0 Å². The average Bonchev–Trinajstić information content (AvgIpc) is 2.52. The van der Waals surface area contributed by atoms with Crippen LogP contribution in [0.25, 0.3) is 0 Å². The van der Waals surface area contributed by atoms with Gasteiger partial charge < -0.3 is 10.2 Å². The van der Waals surface area contributed by atoms with E-state index in [4.69, 9.17) is 0 Å². The minimum absolute atomic E-state index is 0.0928. The highest BCUT2D eigenvalue weighted by atomic mass is 32.2. The molecule has 2 fully saturated rings. The minimum atomic E-state index is -2.82. The Morgan fingerprint density at radius 2 is 1.90 bits per heavy atom. The van der Waals surface area contributed by atoms with E-state index in [9.17, 15) is 13.2 Å². The van der Waals surface area contributed by atoms with Crippen molar-refractivity contribution in [1.82, 2.24) is 10.2 Å². The smallest absolute Gasteiger partial charge is 0.239 e. The maximum absolute atomic E-state index is 12.5. The van der Waals surface area contributed by atoms with Crippen molar-refractivity contribution >= 4 is 15.7 Å². The van der Waals surface area contributed by atoms with E-state index in [1.807, 2.05) is 11.9 Å². The Hall–Kier alpha value is -0.620. The second-order valence-electron chi connectivity index (χ2n) is 6.27. The summed E-state index contributed by atoms with van der Waals surface area (Å²) in [5.41, 5.74) is 0. The minimum Gasteiger partial charge on any atom is -0.341 e. The first-order valence-corrected chi connectivity index (χ1v) is 9.41. The van der Waals surface area contributed by atoms with E-state index in [2.05, 4.69) is 12.2 Å². The molecule has 2 unspecified atom stereocenters. The Labute approximate surface area is 122 Å². The number of amides is 1. The van der Waals surface area contributed by atoms with Gasteiger partial charge in [0, 0.05) is 13.1 Å². The zero-order valence-corrected chi connectivity index (χ0v) is 13.3. The number of nitrogens with zero attached hydrogens (tertiary/aromatic N) is 1. The maximum atomic E-state index is 12.5. The Morgan fingerprint density at radius 1 is 1.25 bits per heavy atom. The SMILES string of the molecule is CNC1C(=O)N(CC2CCS(=O)(=O)CC2)CCCC1C. The predicted molar refractivity (Wildman–Crippen MR) is 79.2 cm³/mol. The second-order valence-corrected chi connectivity index (χ2v) is 8.57. The Morgan fingerprint density at radius 3 is 2.50 bits per heavy atom. The fourth-order valence-corrected chi connectivity index (χ4v) is 4.93. The molecule has 1 N–H and O–H groups in total. The van der Waals surface area contributed by atoms with E-state index in [1.165, 1.54) is 0 Å². The molecule has 6 heteroatoms. The summed E-state index contributed by atoms with van der Waals surface area (Å²) in [5.74, 6) is 1.46. The van der Waals surface area contributed by atoms with Crippen molar-refractivity contribution in [3.8, 4) is 0 Å². The van der Waals surface area contributed by atoms with Gasteiger partial charge in [-0.2, -0.15) is 0 Å². The summed E-state index contributed by atoms with van der Waals surface area (Å²) in [6.45, 7) is 3.65. The third-order valence-electron chi connectivity index (χ3n) is 4.70. The highest BCUT2D eigenvalue weighted by Gasteiger charge is 2.33. The number of carbonyl (C=O) groups excluding carboxylic acids is 1. The summed E-state index contributed by atoms with van der Waals surface area (Å²) in [5, 5.41) is 3.14. The highest BCUT2D eigenvalue weighted by Crippen LogP contribution is 2.23. The molecule has 2 aliphatic heterocycles. The molecule has 0 aliphatic carbocycles. The average molecular weight is 302 g/mol. The second kappa shape index (κ2) is 6.43. The van der Waals surface area contributed by atoms with Crippen LogP contribution in [0.2, 0.25) is 0 Å². The fourth-order valence-electron chi connectivity index (χ4n) is 3.34. The molecule has 0 spiro atoms. The molecule has 0 bridgehead atoms. The Balaban J connectivity index is 1.96. The zero-order chi connectivity index (χ0) is 14.8. The summed E-state index contributed by atoms with van der Waals surface area (Å²) in [6, 6.07) is -0.0928. The number of carbonyl (C=O) groups is 1. The van der Waals surface area contributed by atoms with E-state index in [0.717, 1.165) is 25.9 Å². The van der Waals surface area contributed by atoms with Crippen LogP contribution in [0.15, 0.2) is 0 Å². The summed E-state index contributed by atoms with van der Waals surface area (Å²) < 4.78 is 22.9. The molecule has 2 atom stereocenters. The van der Waals surface area contributed by atoms with Crippen molar-refractivity contribution < 1.29 is 13.2 Å². The van der Waals surface area contributed by atoms with E-state index < -0.39 is 9.84 Å². The molecule has 0 aromatic rings. The lowest BCUT2D eigenvalue weighted by Crippen LogP contribution is -2.48. The standard InChI is InChI=1S/C14H26N2O3S/c1-11-4-3-7-16(14(17)13(11)15-2)10-12-5-8-20(18,19)9-6-12/h11-13,15H,3-10H2,1-2H3. The summed E-state index contributed by atoms with van der Waals surface area (Å²) >= 11 is 0. The molecule has 0 aromatic heterocycles. The van der Waals surface area contributed by atoms with Crippen LogP contribution in [0.4, 0.5) is 0 Å². The van der Waals surface area contributed by atoms with Crippen LogP contribution < -0.4 is 5.32 Å². The Bertz CT molecular complexity index is 435. The van der Waals surface area contributed by atoms with Gasteiger partial charge in [-0.25, -0.2) is 8.42 Å². The highest BCUT2D eigenvalue weighted by molar-refractivity contribution is 7.91. The fraction of sp³-hybridized carbons (Fsp3) is 0.929. The molecule has 2 saturated heterocycles. The Kier molecular flexibility index (Phi) is 5.07. The van der Waals surface area contributed by atoms with Gasteiger partial charge in [0.05, 0.1) is 17.5 Å². The molecule has 0 radical (unpaired) electrons. The lowest BCUT2D eigenvalue weighted by atomic mass is 9.97. The molecule has 2 heterocycles. The lowest BCUT2D eigenvalue weighted by molar-refractivity contribution is -0.134. The van der Waals surface area contributed by atoms with Gasteiger partial charge >= 0.3 is 0 Å².